The fraction of sp³-hybridized carbons (Fsp3) is 0.421. The Labute approximate surface area is 148 Å². The van der Waals surface area contributed by atoms with Gasteiger partial charge in [0, 0.05) is 45.6 Å². The summed E-state index contributed by atoms with van der Waals surface area (Å²) in [6, 6.07) is 10.1. The molecule has 0 N–H and O–H groups in total. The van der Waals surface area contributed by atoms with E-state index in [9.17, 15) is 4.79 Å². The third-order valence-electron chi connectivity index (χ3n) is 5.06. The molecule has 6 nitrogen and oxygen atoms in total. The smallest absolute Gasteiger partial charge is 0.231 e. The molecule has 1 aromatic heterocycles. The Morgan fingerprint density at radius 1 is 1.20 bits per heavy atom. The minimum absolute atomic E-state index is 0.0118. The van der Waals surface area contributed by atoms with Crippen LogP contribution in [0.4, 0.5) is 17.5 Å². The summed E-state index contributed by atoms with van der Waals surface area (Å²) in [6.45, 7) is 2.30. The Bertz CT molecular complexity index is 791. The molecule has 1 fully saturated rings. The molecule has 1 saturated heterocycles. The van der Waals surface area contributed by atoms with Crippen LogP contribution >= 0.6 is 0 Å². The second kappa shape index (κ2) is 6.35. The fourth-order valence-corrected chi connectivity index (χ4v) is 3.67. The van der Waals surface area contributed by atoms with Gasteiger partial charge in [0.2, 0.25) is 11.9 Å². The van der Waals surface area contributed by atoms with E-state index < -0.39 is 0 Å². The van der Waals surface area contributed by atoms with Gasteiger partial charge in [0.25, 0.3) is 0 Å². The van der Waals surface area contributed by atoms with Gasteiger partial charge in [-0.3, -0.25) is 4.79 Å². The van der Waals surface area contributed by atoms with E-state index in [0.717, 1.165) is 37.4 Å². The Hall–Kier alpha value is -2.63. The van der Waals surface area contributed by atoms with Gasteiger partial charge >= 0.3 is 0 Å². The van der Waals surface area contributed by atoms with E-state index in [1.165, 1.54) is 5.56 Å². The molecule has 4 rings (SSSR count). The molecule has 0 bridgehead atoms. The molecule has 2 aromatic rings. The summed E-state index contributed by atoms with van der Waals surface area (Å²) in [5, 5.41) is 0. The Kier molecular flexibility index (Phi) is 4.03. The number of rotatable bonds is 3. The fourth-order valence-electron chi connectivity index (χ4n) is 3.67. The maximum atomic E-state index is 13.0. The minimum atomic E-state index is 0.0118. The SMILES string of the molecule is CN(C)c1ccnc(N2CCC(C(=O)N3CCc4ccccc43)C2)n1. The van der Waals surface area contributed by atoms with Crippen LogP contribution in [0.3, 0.4) is 0 Å². The van der Waals surface area contributed by atoms with Crippen molar-refractivity contribution in [2.24, 2.45) is 5.92 Å². The van der Waals surface area contributed by atoms with Crippen LogP contribution in [-0.2, 0) is 11.2 Å². The van der Waals surface area contributed by atoms with E-state index in [0.29, 0.717) is 12.5 Å². The van der Waals surface area contributed by atoms with E-state index in [1.54, 1.807) is 6.20 Å². The van der Waals surface area contributed by atoms with Crippen molar-refractivity contribution >= 4 is 23.4 Å². The quantitative estimate of drug-likeness (QED) is 0.857. The maximum absolute atomic E-state index is 13.0. The van der Waals surface area contributed by atoms with Crippen molar-refractivity contribution in [2.45, 2.75) is 12.8 Å². The van der Waals surface area contributed by atoms with Gasteiger partial charge in [-0.25, -0.2) is 4.98 Å². The lowest BCUT2D eigenvalue weighted by atomic mass is 10.1. The summed E-state index contributed by atoms with van der Waals surface area (Å²) in [6.07, 6.45) is 3.59. The third-order valence-corrected chi connectivity index (χ3v) is 5.06. The average molecular weight is 337 g/mol. The summed E-state index contributed by atoms with van der Waals surface area (Å²) in [5.41, 5.74) is 2.35. The van der Waals surface area contributed by atoms with Crippen molar-refractivity contribution in [1.29, 1.82) is 0 Å². The van der Waals surface area contributed by atoms with E-state index in [1.807, 2.05) is 42.1 Å². The van der Waals surface area contributed by atoms with E-state index in [2.05, 4.69) is 27.0 Å². The third kappa shape index (κ3) is 2.92. The minimum Gasteiger partial charge on any atom is -0.363 e. The lowest BCUT2D eigenvalue weighted by molar-refractivity contribution is -0.121. The first-order valence-corrected chi connectivity index (χ1v) is 8.78. The number of nitrogens with zero attached hydrogens (tertiary/aromatic N) is 5. The zero-order chi connectivity index (χ0) is 17.4. The van der Waals surface area contributed by atoms with Crippen molar-refractivity contribution in [2.75, 3.05) is 48.4 Å². The number of hydrogen-bond donors (Lipinski definition) is 0. The molecular formula is C19H23N5O. The molecule has 1 aromatic carbocycles. The molecular weight excluding hydrogens is 314 g/mol. The zero-order valence-electron chi connectivity index (χ0n) is 14.7. The number of anilines is 3. The van der Waals surface area contributed by atoms with Crippen molar-refractivity contribution < 1.29 is 4.79 Å². The highest BCUT2D eigenvalue weighted by molar-refractivity contribution is 5.97. The number of para-hydroxylation sites is 1. The number of hydrogen-bond acceptors (Lipinski definition) is 5. The van der Waals surface area contributed by atoms with Crippen LogP contribution in [0.25, 0.3) is 0 Å². The first-order chi connectivity index (χ1) is 12.1. The molecule has 6 heteroatoms. The molecule has 25 heavy (non-hydrogen) atoms. The molecule has 1 atom stereocenters. The Morgan fingerprint density at radius 3 is 2.88 bits per heavy atom. The molecule has 1 unspecified atom stereocenters. The van der Waals surface area contributed by atoms with Gasteiger partial charge in [-0.2, -0.15) is 4.98 Å². The summed E-state index contributed by atoms with van der Waals surface area (Å²) < 4.78 is 0. The largest absolute Gasteiger partial charge is 0.363 e. The second-order valence-electron chi connectivity index (χ2n) is 6.91. The maximum Gasteiger partial charge on any atom is 0.231 e. The monoisotopic (exact) mass is 337 g/mol. The highest BCUT2D eigenvalue weighted by atomic mass is 16.2. The van der Waals surface area contributed by atoms with Gasteiger partial charge in [0.15, 0.2) is 0 Å². The Morgan fingerprint density at radius 2 is 2.04 bits per heavy atom. The highest BCUT2D eigenvalue weighted by Gasteiger charge is 2.35. The molecule has 3 heterocycles. The molecule has 2 aliphatic rings. The highest BCUT2D eigenvalue weighted by Crippen LogP contribution is 2.31. The van der Waals surface area contributed by atoms with E-state index in [-0.39, 0.29) is 11.8 Å². The average Bonchev–Trinajstić information content (AvgIpc) is 3.29. The topological polar surface area (TPSA) is 52.6 Å². The summed E-state index contributed by atoms with van der Waals surface area (Å²) in [5.74, 6) is 1.84. The van der Waals surface area contributed by atoms with Crippen LogP contribution in [0, 0.1) is 5.92 Å². The van der Waals surface area contributed by atoms with Crippen LogP contribution in [0.2, 0.25) is 0 Å². The van der Waals surface area contributed by atoms with Crippen LogP contribution in [0.5, 0.6) is 0 Å². The first kappa shape index (κ1) is 15.9. The van der Waals surface area contributed by atoms with Crippen molar-refractivity contribution in [1.82, 2.24) is 9.97 Å². The van der Waals surface area contributed by atoms with Gasteiger partial charge in [0.05, 0.1) is 5.92 Å². The molecule has 0 radical (unpaired) electrons. The standard InChI is InChI=1S/C19H23N5O/c1-22(2)17-7-10-20-19(21-17)23-11-8-15(13-23)18(25)24-12-9-14-5-3-4-6-16(14)24/h3-7,10,15H,8-9,11-13H2,1-2H3. The van der Waals surface area contributed by atoms with Crippen molar-refractivity contribution in [3.63, 3.8) is 0 Å². The summed E-state index contributed by atoms with van der Waals surface area (Å²) in [4.78, 5) is 28.0. The van der Waals surface area contributed by atoms with Crippen LogP contribution in [-0.4, -0.2) is 49.6 Å². The molecule has 130 valence electrons. The van der Waals surface area contributed by atoms with Crippen molar-refractivity contribution in [3.05, 3.63) is 42.1 Å². The molecule has 0 spiro atoms. The molecule has 2 aliphatic heterocycles. The predicted octanol–water partition coefficient (Wildman–Crippen LogP) is 1.96. The lowest BCUT2D eigenvalue weighted by Crippen LogP contribution is -2.36. The normalized spacial score (nSPS) is 19.2. The number of amides is 1. The van der Waals surface area contributed by atoms with Gasteiger partial charge in [-0.15, -0.1) is 0 Å². The number of carbonyl (C=O) groups excluding carboxylic acids is 1. The summed E-state index contributed by atoms with van der Waals surface area (Å²) >= 11 is 0. The molecule has 0 aliphatic carbocycles. The number of fused-ring (bicyclic) bond motifs is 1. The van der Waals surface area contributed by atoms with Crippen LogP contribution < -0.4 is 14.7 Å². The van der Waals surface area contributed by atoms with Crippen LogP contribution in [0.15, 0.2) is 36.5 Å². The lowest BCUT2D eigenvalue weighted by Gasteiger charge is -2.22. The summed E-state index contributed by atoms with van der Waals surface area (Å²) in [7, 11) is 3.93. The van der Waals surface area contributed by atoms with E-state index in [4.69, 9.17) is 0 Å². The van der Waals surface area contributed by atoms with Crippen molar-refractivity contribution in [3.8, 4) is 0 Å². The number of aromatic nitrogens is 2. The van der Waals surface area contributed by atoms with Gasteiger partial charge in [-0.05, 0) is 30.5 Å². The zero-order valence-corrected chi connectivity index (χ0v) is 14.7. The number of carbonyl (C=O) groups is 1. The van der Waals surface area contributed by atoms with E-state index >= 15 is 0 Å². The second-order valence-corrected chi connectivity index (χ2v) is 6.91. The first-order valence-electron chi connectivity index (χ1n) is 8.78. The van der Waals surface area contributed by atoms with Gasteiger partial charge in [-0.1, -0.05) is 18.2 Å². The molecule has 1 amide bonds. The van der Waals surface area contributed by atoms with Crippen LogP contribution in [0.1, 0.15) is 12.0 Å². The number of benzene rings is 1. The molecule has 0 saturated carbocycles. The Balaban J connectivity index is 1.48. The van der Waals surface area contributed by atoms with Gasteiger partial charge < -0.3 is 14.7 Å². The van der Waals surface area contributed by atoms with Gasteiger partial charge in [0.1, 0.15) is 5.82 Å². The predicted molar refractivity (Wildman–Crippen MR) is 99.2 cm³/mol.